The van der Waals surface area contributed by atoms with Crippen LogP contribution in [0.2, 0.25) is 0 Å². The fraction of sp³-hybridized carbons (Fsp3) is 0.350. The second kappa shape index (κ2) is 6.68. The molecule has 6 heteroatoms. The van der Waals surface area contributed by atoms with E-state index in [4.69, 9.17) is 9.72 Å². The predicted molar refractivity (Wildman–Crippen MR) is 103 cm³/mol. The standard InChI is InChI=1S/C20H20N2O3S/c1-12-7-9-13(10-8-12)18-21-19-17(14-5-3-4-6-15(14)26-19)20(24)22(18)11-16(23)25-2/h7-10H,3-6,11H2,1-2H3. The number of carbonyl (C=O) groups is 1. The van der Waals surface area contributed by atoms with Crippen LogP contribution in [0.3, 0.4) is 0 Å². The van der Waals surface area contributed by atoms with E-state index in [-0.39, 0.29) is 12.1 Å². The van der Waals surface area contributed by atoms with Crippen LogP contribution in [0.15, 0.2) is 29.1 Å². The Labute approximate surface area is 155 Å². The number of nitrogens with zero attached hydrogens (tertiary/aromatic N) is 2. The molecule has 0 radical (unpaired) electrons. The van der Waals surface area contributed by atoms with Gasteiger partial charge in [0.1, 0.15) is 17.2 Å². The summed E-state index contributed by atoms with van der Waals surface area (Å²) in [7, 11) is 1.33. The molecule has 0 atom stereocenters. The zero-order chi connectivity index (χ0) is 18.3. The highest BCUT2D eigenvalue weighted by Gasteiger charge is 2.23. The number of hydrogen-bond acceptors (Lipinski definition) is 5. The summed E-state index contributed by atoms with van der Waals surface area (Å²) in [6.07, 6.45) is 4.16. The Hall–Kier alpha value is -2.47. The fourth-order valence-corrected chi connectivity index (χ4v) is 4.75. The van der Waals surface area contributed by atoms with E-state index < -0.39 is 5.97 Å². The Balaban J connectivity index is 1.99. The van der Waals surface area contributed by atoms with Gasteiger partial charge in [-0.25, -0.2) is 4.98 Å². The first-order valence-electron chi connectivity index (χ1n) is 8.77. The van der Waals surface area contributed by atoms with E-state index in [1.807, 2.05) is 31.2 Å². The second-order valence-electron chi connectivity index (χ2n) is 6.66. The van der Waals surface area contributed by atoms with Crippen molar-refractivity contribution in [1.29, 1.82) is 0 Å². The van der Waals surface area contributed by atoms with Gasteiger partial charge in [0.05, 0.1) is 12.5 Å². The van der Waals surface area contributed by atoms with Crippen molar-refractivity contribution in [3.05, 3.63) is 50.6 Å². The fourth-order valence-electron chi connectivity index (χ4n) is 3.50. The molecule has 1 aliphatic carbocycles. The van der Waals surface area contributed by atoms with Gasteiger partial charge in [-0.15, -0.1) is 11.3 Å². The first-order chi connectivity index (χ1) is 12.6. The van der Waals surface area contributed by atoms with Crippen molar-refractivity contribution < 1.29 is 9.53 Å². The molecule has 0 amide bonds. The van der Waals surface area contributed by atoms with Gasteiger partial charge in [-0.2, -0.15) is 0 Å². The maximum Gasteiger partial charge on any atom is 0.325 e. The molecule has 0 fully saturated rings. The SMILES string of the molecule is COC(=O)Cn1c(-c2ccc(C)cc2)nc2sc3c(c2c1=O)CCCC3. The zero-order valence-corrected chi connectivity index (χ0v) is 15.7. The van der Waals surface area contributed by atoms with E-state index in [1.54, 1.807) is 11.3 Å². The van der Waals surface area contributed by atoms with Gasteiger partial charge in [0.25, 0.3) is 5.56 Å². The van der Waals surface area contributed by atoms with Crippen molar-refractivity contribution in [1.82, 2.24) is 9.55 Å². The summed E-state index contributed by atoms with van der Waals surface area (Å²) < 4.78 is 6.26. The van der Waals surface area contributed by atoms with Gasteiger partial charge in [0.15, 0.2) is 0 Å². The summed E-state index contributed by atoms with van der Waals surface area (Å²) in [6, 6.07) is 7.83. The zero-order valence-electron chi connectivity index (χ0n) is 14.9. The number of carbonyl (C=O) groups excluding carboxylic acids is 1. The van der Waals surface area contributed by atoms with Crippen LogP contribution in [0.1, 0.15) is 28.8 Å². The molecule has 134 valence electrons. The Morgan fingerprint density at radius 1 is 1.23 bits per heavy atom. The number of ether oxygens (including phenoxy) is 1. The third-order valence-electron chi connectivity index (χ3n) is 4.90. The molecule has 0 spiro atoms. The summed E-state index contributed by atoms with van der Waals surface area (Å²) in [5.41, 5.74) is 2.94. The normalized spacial score (nSPS) is 13.6. The van der Waals surface area contributed by atoms with E-state index in [0.717, 1.165) is 47.2 Å². The minimum Gasteiger partial charge on any atom is -0.468 e. The van der Waals surface area contributed by atoms with Crippen LogP contribution in [-0.2, 0) is 28.9 Å². The Morgan fingerprint density at radius 2 is 1.96 bits per heavy atom. The lowest BCUT2D eigenvalue weighted by atomic mass is 9.97. The number of methoxy groups -OCH3 is 1. The Kier molecular flexibility index (Phi) is 4.36. The summed E-state index contributed by atoms with van der Waals surface area (Å²) in [4.78, 5) is 32.1. The minimum atomic E-state index is -0.453. The van der Waals surface area contributed by atoms with Gasteiger partial charge in [-0.1, -0.05) is 29.8 Å². The van der Waals surface area contributed by atoms with Crippen LogP contribution in [0, 0.1) is 6.92 Å². The van der Waals surface area contributed by atoms with Gasteiger partial charge in [0, 0.05) is 10.4 Å². The van der Waals surface area contributed by atoms with Crippen LogP contribution in [0.5, 0.6) is 0 Å². The van der Waals surface area contributed by atoms with Gasteiger partial charge in [0.2, 0.25) is 0 Å². The highest BCUT2D eigenvalue weighted by molar-refractivity contribution is 7.18. The highest BCUT2D eigenvalue weighted by atomic mass is 32.1. The lowest BCUT2D eigenvalue weighted by molar-refractivity contribution is -0.141. The average Bonchev–Trinajstić information content (AvgIpc) is 3.03. The number of hydrogen-bond donors (Lipinski definition) is 0. The van der Waals surface area contributed by atoms with E-state index in [2.05, 4.69) is 0 Å². The smallest absolute Gasteiger partial charge is 0.325 e. The third-order valence-corrected chi connectivity index (χ3v) is 6.09. The second-order valence-corrected chi connectivity index (χ2v) is 7.74. The van der Waals surface area contributed by atoms with Crippen molar-refractivity contribution in [2.75, 3.05) is 7.11 Å². The van der Waals surface area contributed by atoms with Crippen molar-refractivity contribution in [2.45, 2.75) is 39.2 Å². The van der Waals surface area contributed by atoms with Gasteiger partial charge < -0.3 is 4.74 Å². The number of aryl methyl sites for hydroxylation is 3. The van der Waals surface area contributed by atoms with Crippen LogP contribution >= 0.6 is 11.3 Å². The first-order valence-corrected chi connectivity index (χ1v) is 9.59. The molecule has 26 heavy (non-hydrogen) atoms. The third kappa shape index (κ3) is 2.84. The molecule has 0 unspecified atom stereocenters. The number of esters is 1. The van der Waals surface area contributed by atoms with Gasteiger partial charge in [-0.3, -0.25) is 14.2 Å². The quantitative estimate of drug-likeness (QED) is 0.664. The molecule has 2 heterocycles. The molecule has 0 bridgehead atoms. The largest absolute Gasteiger partial charge is 0.468 e. The molecular formula is C20H20N2O3S. The van der Waals surface area contributed by atoms with Gasteiger partial charge in [-0.05, 0) is 38.2 Å². The topological polar surface area (TPSA) is 61.2 Å². The molecule has 1 aromatic carbocycles. The summed E-state index contributed by atoms with van der Waals surface area (Å²) in [5, 5.41) is 0.685. The number of thiophene rings is 1. The number of benzene rings is 1. The summed E-state index contributed by atoms with van der Waals surface area (Å²) >= 11 is 1.62. The molecule has 5 nitrogen and oxygen atoms in total. The van der Waals surface area contributed by atoms with Crippen LogP contribution < -0.4 is 5.56 Å². The maximum absolute atomic E-state index is 13.3. The molecule has 4 rings (SSSR count). The van der Waals surface area contributed by atoms with Crippen molar-refractivity contribution >= 4 is 27.5 Å². The minimum absolute atomic E-state index is 0.133. The predicted octanol–water partition coefficient (Wildman–Crippen LogP) is 3.49. The summed E-state index contributed by atoms with van der Waals surface area (Å²) in [5.74, 6) is 0.0669. The van der Waals surface area contributed by atoms with Crippen LogP contribution in [0.4, 0.5) is 0 Å². The molecule has 3 aromatic rings. The maximum atomic E-state index is 13.3. The number of fused-ring (bicyclic) bond motifs is 3. The van der Waals surface area contributed by atoms with Crippen LogP contribution in [-0.4, -0.2) is 22.6 Å². The number of aromatic nitrogens is 2. The average molecular weight is 368 g/mol. The highest BCUT2D eigenvalue weighted by Crippen LogP contribution is 2.34. The van der Waals surface area contributed by atoms with Gasteiger partial charge >= 0.3 is 5.97 Å². The van der Waals surface area contributed by atoms with E-state index >= 15 is 0 Å². The van der Waals surface area contributed by atoms with Crippen molar-refractivity contribution in [3.63, 3.8) is 0 Å². The lowest BCUT2D eigenvalue weighted by Gasteiger charge is -2.13. The van der Waals surface area contributed by atoms with E-state index in [9.17, 15) is 9.59 Å². The summed E-state index contributed by atoms with van der Waals surface area (Å²) in [6.45, 7) is 1.88. The molecule has 2 aromatic heterocycles. The molecule has 0 aliphatic heterocycles. The molecule has 1 aliphatic rings. The molecular weight excluding hydrogens is 348 g/mol. The van der Waals surface area contributed by atoms with Crippen molar-refractivity contribution in [3.8, 4) is 11.4 Å². The van der Waals surface area contributed by atoms with Crippen molar-refractivity contribution in [2.24, 2.45) is 0 Å². The molecule has 0 N–H and O–H groups in total. The van der Waals surface area contributed by atoms with Crippen LogP contribution in [0.25, 0.3) is 21.6 Å². The first kappa shape index (κ1) is 17.0. The number of rotatable bonds is 3. The molecule has 0 saturated heterocycles. The lowest BCUT2D eigenvalue weighted by Crippen LogP contribution is -2.28. The Morgan fingerprint density at radius 3 is 2.69 bits per heavy atom. The van der Waals surface area contributed by atoms with E-state index in [1.165, 1.54) is 16.6 Å². The van der Waals surface area contributed by atoms with E-state index in [0.29, 0.717) is 11.2 Å². The monoisotopic (exact) mass is 368 g/mol. The Bertz CT molecular complexity index is 1050. The molecule has 0 saturated carbocycles.